The Morgan fingerprint density at radius 2 is 1.90 bits per heavy atom. The van der Waals surface area contributed by atoms with E-state index in [-0.39, 0.29) is 11.7 Å². The molecule has 0 aliphatic carbocycles. The van der Waals surface area contributed by atoms with E-state index in [4.69, 9.17) is 0 Å². The SMILES string of the molecule is CCS(=O)(=O)N1CCN(C(=O)c2c(C)cnn2C)CC1. The molecule has 7 nitrogen and oxygen atoms in total. The molecule has 2 heterocycles. The molecule has 112 valence electrons. The number of aromatic nitrogens is 2. The van der Waals surface area contributed by atoms with Gasteiger partial charge < -0.3 is 4.90 Å². The minimum Gasteiger partial charge on any atom is -0.335 e. The summed E-state index contributed by atoms with van der Waals surface area (Å²) in [4.78, 5) is 14.1. The summed E-state index contributed by atoms with van der Waals surface area (Å²) in [5, 5.41) is 4.06. The van der Waals surface area contributed by atoms with Crippen LogP contribution < -0.4 is 0 Å². The highest BCUT2D eigenvalue weighted by Gasteiger charge is 2.29. The highest BCUT2D eigenvalue weighted by atomic mass is 32.2. The van der Waals surface area contributed by atoms with Crippen molar-refractivity contribution in [3.8, 4) is 0 Å². The first-order valence-corrected chi connectivity index (χ1v) is 8.23. The van der Waals surface area contributed by atoms with E-state index in [2.05, 4.69) is 5.10 Å². The maximum Gasteiger partial charge on any atom is 0.272 e. The van der Waals surface area contributed by atoms with E-state index in [9.17, 15) is 13.2 Å². The van der Waals surface area contributed by atoms with Crippen LogP contribution in [-0.4, -0.2) is 65.2 Å². The number of carbonyl (C=O) groups excluding carboxylic acids is 1. The molecular weight excluding hydrogens is 280 g/mol. The molecule has 0 radical (unpaired) electrons. The van der Waals surface area contributed by atoms with Crippen LogP contribution in [0.3, 0.4) is 0 Å². The Labute approximate surface area is 119 Å². The lowest BCUT2D eigenvalue weighted by molar-refractivity contribution is 0.0686. The van der Waals surface area contributed by atoms with Gasteiger partial charge in [-0.25, -0.2) is 8.42 Å². The molecule has 1 saturated heterocycles. The van der Waals surface area contributed by atoms with Gasteiger partial charge >= 0.3 is 0 Å². The summed E-state index contributed by atoms with van der Waals surface area (Å²) in [5.41, 5.74) is 1.40. The Morgan fingerprint density at radius 1 is 1.30 bits per heavy atom. The van der Waals surface area contributed by atoms with Crippen LogP contribution in [0.4, 0.5) is 0 Å². The average Bonchev–Trinajstić information content (AvgIpc) is 2.77. The fraction of sp³-hybridized carbons (Fsp3) is 0.667. The average molecular weight is 300 g/mol. The fourth-order valence-corrected chi connectivity index (χ4v) is 3.44. The van der Waals surface area contributed by atoms with E-state index in [0.29, 0.717) is 31.9 Å². The lowest BCUT2D eigenvalue weighted by Gasteiger charge is -2.33. The second-order valence-corrected chi connectivity index (χ2v) is 7.15. The molecule has 1 aromatic heterocycles. The molecule has 1 aliphatic heterocycles. The number of carbonyl (C=O) groups is 1. The third kappa shape index (κ3) is 2.71. The maximum absolute atomic E-state index is 12.4. The maximum atomic E-state index is 12.4. The van der Waals surface area contributed by atoms with Crippen LogP contribution in [0.25, 0.3) is 0 Å². The van der Waals surface area contributed by atoms with Gasteiger partial charge in [-0.2, -0.15) is 9.40 Å². The first-order chi connectivity index (χ1) is 9.36. The Bertz CT molecular complexity index is 581. The standard InChI is InChI=1S/C12H20N4O3S/c1-4-20(18,19)16-7-5-15(6-8-16)12(17)11-10(2)9-13-14(11)3/h9H,4-8H2,1-3H3. The summed E-state index contributed by atoms with van der Waals surface area (Å²) in [6, 6.07) is 0. The molecule has 8 heteroatoms. The fourth-order valence-electron chi connectivity index (χ4n) is 2.36. The van der Waals surface area contributed by atoms with Crippen molar-refractivity contribution in [2.24, 2.45) is 7.05 Å². The van der Waals surface area contributed by atoms with Crippen LogP contribution in [-0.2, 0) is 17.1 Å². The molecule has 0 unspecified atom stereocenters. The number of nitrogens with zero attached hydrogens (tertiary/aromatic N) is 4. The van der Waals surface area contributed by atoms with Crippen molar-refractivity contribution in [1.29, 1.82) is 0 Å². The van der Waals surface area contributed by atoms with Crippen LogP contribution >= 0.6 is 0 Å². The minimum absolute atomic E-state index is 0.0870. The van der Waals surface area contributed by atoms with Crippen molar-refractivity contribution in [2.75, 3.05) is 31.9 Å². The number of piperazine rings is 1. The quantitative estimate of drug-likeness (QED) is 0.777. The van der Waals surface area contributed by atoms with Gasteiger partial charge in [0.25, 0.3) is 5.91 Å². The molecule has 1 amide bonds. The third-order valence-electron chi connectivity index (χ3n) is 3.61. The largest absolute Gasteiger partial charge is 0.335 e. The predicted octanol–water partition coefficient (Wildman–Crippen LogP) is -0.164. The minimum atomic E-state index is -3.16. The zero-order valence-electron chi connectivity index (χ0n) is 12.0. The van der Waals surface area contributed by atoms with Gasteiger partial charge in [-0.1, -0.05) is 0 Å². The third-order valence-corrected chi connectivity index (χ3v) is 5.49. The first-order valence-electron chi connectivity index (χ1n) is 6.62. The molecule has 1 aromatic rings. The topological polar surface area (TPSA) is 75.5 Å². The first kappa shape index (κ1) is 15.0. The molecule has 0 saturated carbocycles. The summed E-state index contributed by atoms with van der Waals surface area (Å²) in [5.74, 6) is 0.0120. The Balaban J connectivity index is 2.07. The normalized spacial score (nSPS) is 17.4. The van der Waals surface area contributed by atoms with E-state index in [1.165, 1.54) is 4.31 Å². The van der Waals surface area contributed by atoms with E-state index < -0.39 is 10.0 Å². The summed E-state index contributed by atoms with van der Waals surface area (Å²) < 4.78 is 26.6. The highest BCUT2D eigenvalue weighted by molar-refractivity contribution is 7.89. The van der Waals surface area contributed by atoms with E-state index in [1.54, 1.807) is 29.7 Å². The summed E-state index contributed by atoms with van der Waals surface area (Å²) in [7, 11) is -1.43. The molecule has 2 rings (SSSR count). The monoisotopic (exact) mass is 300 g/mol. The number of hydrogen-bond acceptors (Lipinski definition) is 4. The van der Waals surface area contributed by atoms with Gasteiger partial charge in [0.05, 0.1) is 11.9 Å². The Hall–Kier alpha value is -1.41. The second-order valence-electron chi connectivity index (χ2n) is 4.89. The number of aryl methyl sites for hydroxylation is 2. The van der Waals surface area contributed by atoms with E-state index in [0.717, 1.165) is 5.56 Å². The summed E-state index contributed by atoms with van der Waals surface area (Å²) >= 11 is 0. The van der Waals surface area contributed by atoms with Gasteiger partial charge in [0.1, 0.15) is 5.69 Å². The molecule has 1 aliphatic rings. The van der Waals surface area contributed by atoms with Crippen molar-refractivity contribution < 1.29 is 13.2 Å². The zero-order chi connectivity index (χ0) is 14.9. The molecule has 20 heavy (non-hydrogen) atoms. The zero-order valence-corrected chi connectivity index (χ0v) is 12.9. The van der Waals surface area contributed by atoms with Gasteiger partial charge in [0.15, 0.2) is 0 Å². The van der Waals surface area contributed by atoms with Crippen LogP contribution in [0.5, 0.6) is 0 Å². The molecule has 0 aromatic carbocycles. The van der Waals surface area contributed by atoms with Crippen LogP contribution in [0.2, 0.25) is 0 Å². The lowest BCUT2D eigenvalue weighted by atomic mass is 10.2. The van der Waals surface area contributed by atoms with Crippen molar-refractivity contribution in [3.63, 3.8) is 0 Å². The lowest BCUT2D eigenvalue weighted by Crippen LogP contribution is -2.51. The smallest absolute Gasteiger partial charge is 0.272 e. The Kier molecular flexibility index (Phi) is 4.14. The van der Waals surface area contributed by atoms with E-state index in [1.807, 2.05) is 6.92 Å². The number of amides is 1. The number of sulfonamides is 1. The number of rotatable bonds is 3. The van der Waals surface area contributed by atoms with Gasteiger partial charge in [-0.05, 0) is 19.4 Å². The molecular formula is C12H20N4O3S. The van der Waals surface area contributed by atoms with Crippen LogP contribution in [0.15, 0.2) is 6.20 Å². The van der Waals surface area contributed by atoms with Crippen LogP contribution in [0, 0.1) is 6.92 Å². The summed E-state index contributed by atoms with van der Waals surface area (Å²) in [6.45, 7) is 5.03. The van der Waals surface area contributed by atoms with Crippen LogP contribution in [0.1, 0.15) is 23.0 Å². The van der Waals surface area contributed by atoms with Gasteiger partial charge in [-0.15, -0.1) is 0 Å². The van der Waals surface area contributed by atoms with Gasteiger partial charge in [0, 0.05) is 33.2 Å². The van der Waals surface area contributed by atoms with Crippen molar-refractivity contribution in [1.82, 2.24) is 19.0 Å². The predicted molar refractivity (Wildman–Crippen MR) is 74.9 cm³/mol. The second kappa shape index (κ2) is 5.53. The molecule has 0 N–H and O–H groups in total. The Morgan fingerprint density at radius 3 is 2.35 bits per heavy atom. The molecule has 0 atom stereocenters. The molecule has 1 fully saturated rings. The summed E-state index contributed by atoms with van der Waals surface area (Å²) in [6.07, 6.45) is 1.66. The highest BCUT2D eigenvalue weighted by Crippen LogP contribution is 2.13. The molecule has 0 spiro atoms. The molecule has 0 bridgehead atoms. The van der Waals surface area contributed by atoms with Crippen molar-refractivity contribution >= 4 is 15.9 Å². The number of hydrogen-bond donors (Lipinski definition) is 0. The van der Waals surface area contributed by atoms with Gasteiger partial charge in [-0.3, -0.25) is 9.48 Å². The van der Waals surface area contributed by atoms with Crippen molar-refractivity contribution in [3.05, 3.63) is 17.5 Å². The van der Waals surface area contributed by atoms with Gasteiger partial charge in [0.2, 0.25) is 10.0 Å². The van der Waals surface area contributed by atoms with Crippen molar-refractivity contribution in [2.45, 2.75) is 13.8 Å². The van der Waals surface area contributed by atoms with E-state index >= 15 is 0 Å².